The molecule has 0 heterocycles. The zero-order chi connectivity index (χ0) is 7.82. The van der Waals surface area contributed by atoms with E-state index in [0.29, 0.717) is 6.61 Å². The summed E-state index contributed by atoms with van der Waals surface area (Å²) in [6.07, 6.45) is 3.97. The molecule has 0 aromatic heterocycles. The summed E-state index contributed by atoms with van der Waals surface area (Å²) < 4.78 is 5.21. The molecule has 0 aromatic carbocycles. The Morgan fingerprint density at radius 3 is 2.80 bits per heavy atom. The van der Waals surface area contributed by atoms with Gasteiger partial charge in [0.25, 0.3) is 0 Å². The first kappa shape index (κ1) is 9.66. The highest BCUT2D eigenvalue weighted by molar-refractivity contribution is 4.79. The minimum absolute atomic E-state index is 0.0913. The van der Waals surface area contributed by atoms with Crippen LogP contribution in [0, 0.1) is 0 Å². The Balaban J connectivity index is 3.29. The smallest absolute Gasteiger partial charge is 0.0754 e. The first-order valence-electron chi connectivity index (χ1n) is 3.70. The zero-order valence-corrected chi connectivity index (χ0v) is 6.55. The van der Waals surface area contributed by atoms with Crippen molar-refractivity contribution in [1.29, 1.82) is 0 Å². The zero-order valence-electron chi connectivity index (χ0n) is 6.55. The average Bonchev–Trinajstić information content (AvgIpc) is 1.98. The van der Waals surface area contributed by atoms with Gasteiger partial charge >= 0.3 is 0 Å². The van der Waals surface area contributed by atoms with Crippen LogP contribution in [0.1, 0.15) is 19.8 Å². The van der Waals surface area contributed by atoms with E-state index >= 15 is 0 Å². The standard InChI is InChI=1S/C8H16O2/c1-3-5-8(4-2)10-7-6-9/h4,8-9H,2-3,5-7H2,1H3/t8-/m0/s1. The summed E-state index contributed by atoms with van der Waals surface area (Å²) >= 11 is 0. The first-order valence-corrected chi connectivity index (χ1v) is 3.70. The maximum Gasteiger partial charge on any atom is 0.0754 e. The molecule has 0 fully saturated rings. The van der Waals surface area contributed by atoms with Crippen LogP contribution in [-0.2, 0) is 4.74 Å². The quantitative estimate of drug-likeness (QED) is 0.570. The molecule has 0 saturated carbocycles. The Morgan fingerprint density at radius 2 is 2.40 bits per heavy atom. The van der Waals surface area contributed by atoms with Crippen molar-refractivity contribution in [2.45, 2.75) is 25.9 Å². The predicted octanol–water partition coefficient (Wildman–Crippen LogP) is 1.35. The van der Waals surface area contributed by atoms with Gasteiger partial charge in [-0.2, -0.15) is 0 Å². The molecule has 0 bridgehead atoms. The number of hydrogen-bond donors (Lipinski definition) is 1. The van der Waals surface area contributed by atoms with Crippen LogP contribution >= 0.6 is 0 Å². The molecule has 0 amide bonds. The van der Waals surface area contributed by atoms with Crippen molar-refractivity contribution >= 4 is 0 Å². The Morgan fingerprint density at radius 1 is 1.70 bits per heavy atom. The van der Waals surface area contributed by atoms with E-state index < -0.39 is 0 Å². The van der Waals surface area contributed by atoms with Crippen molar-refractivity contribution < 1.29 is 9.84 Å². The lowest BCUT2D eigenvalue weighted by Gasteiger charge is -2.10. The van der Waals surface area contributed by atoms with Gasteiger partial charge in [-0.1, -0.05) is 19.4 Å². The second-order valence-corrected chi connectivity index (χ2v) is 2.16. The maximum atomic E-state index is 8.42. The molecule has 0 aliphatic rings. The number of ether oxygens (including phenoxy) is 1. The minimum atomic E-state index is 0.0913. The molecule has 0 aliphatic carbocycles. The van der Waals surface area contributed by atoms with Gasteiger partial charge in [0.2, 0.25) is 0 Å². The molecule has 1 N–H and O–H groups in total. The fraction of sp³-hybridized carbons (Fsp3) is 0.750. The predicted molar refractivity (Wildman–Crippen MR) is 41.9 cm³/mol. The van der Waals surface area contributed by atoms with Gasteiger partial charge in [-0.3, -0.25) is 0 Å². The Kier molecular flexibility index (Phi) is 6.55. The monoisotopic (exact) mass is 144 g/mol. The fourth-order valence-corrected chi connectivity index (χ4v) is 0.758. The van der Waals surface area contributed by atoms with E-state index in [2.05, 4.69) is 13.5 Å². The van der Waals surface area contributed by atoms with E-state index in [-0.39, 0.29) is 12.7 Å². The van der Waals surface area contributed by atoms with Gasteiger partial charge in [-0.15, -0.1) is 6.58 Å². The number of rotatable bonds is 6. The molecule has 2 nitrogen and oxygen atoms in total. The van der Waals surface area contributed by atoms with E-state index in [1.165, 1.54) is 0 Å². The highest BCUT2D eigenvalue weighted by atomic mass is 16.5. The summed E-state index contributed by atoms with van der Waals surface area (Å²) in [4.78, 5) is 0. The van der Waals surface area contributed by atoms with Crippen molar-refractivity contribution in [1.82, 2.24) is 0 Å². The van der Waals surface area contributed by atoms with Gasteiger partial charge in [0.1, 0.15) is 0 Å². The van der Waals surface area contributed by atoms with Crippen LogP contribution in [0.3, 0.4) is 0 Å². The molecular formula is C8H16O2. The van der Waals surface area contributed by atoms with Gasteiger partial charge in [-0.25, -0.2) is 0 Å². The van der Waals surface area contributed by atoms with Gasteiger partial charge < -0.3 is 9.84 Å². The van der Waals surface area contributed by atoms with Crippen molar-refractivity contribution in [3.8, 4) is 0 Å². The van der Waals surface area contributed by atoms with E-state index in [1.807, 2.05) is 0 Å². The van der Waals surface area contributed by atoms with Crippen LogP contribution in [0.25, 0.3) is 0 Å². The van der Waals surface area contributed by atoms with Crippen LogP contribution in [-0.4, -0.2) is 24.4 Å². The molecule has 10 heavy (non-hydrogen) atoms. The van der Waals surface area contributed by atoms with E-state index in [1.54, 1.807) is 6.08 Å². The topological polar surface area (TPSA) is 29.5 Å². The third-order valence-electron chi connectivity index (χ3n) is 1.26. The third kappa shape index (κ3) is 4.53. The van der Waals surface area contributed by atoms with Gasteiger partial charge in [0, 0.05) is 0 Å². The number of hydrogen-bond acceptors (Lipinski definition) is 2. The van der Waals surface area contributed by atoms with Gasteiger partial charge in [-0.05, 0) is 6.42 Å². The average molecular weight is 144 g/mol. The molecule has 0 rings (SSSR count). The van der Waals surface area contributed by atoms with Crippen LogP contribution in [0.15, 0.2) is 12.7 Å². The molecule has 0 unspecified atom stereocenters. The van der Waals surface area contributed by atoms with E-state index in [0.717, 1.165) is 12.8 Å². The van der Waals surface area contributed by atoms with Gasteiger partial charge in [0.15, 0.2) is 0 Å². The lowest BCUT2D eigenvalue weighted by Crippen LogP contribution is -2.11. The van der Waals surface area contributed by atoms with E-state index in [9.17, 15) is 0 Å². The summed E-state index contributed by atoms with van der Waals surface area (Å²) in [6.45, 7) is 6.23. The second kappa shape index (κ2) is 6.78. The Bertz CT molecular complexity index is 81.3. The molecule has 0 spiro atoms. The second-order valence-electron chi connectivity index (χ2n) is 2.16. The van der Waals surface area contributed by atoms with Crippen molar-refractivity contribution in [3.05, 3.63) is 12.7 Å². The lowest BCUT2D eigenvalue weighted by molar-refractivity contribution is 0.0501. The third-order valence-corrected chi connectivity index (χ3v) is 1.26. The Labute approximate surface area is 62.5 Å². The largest absolute Gasteiger partial charge is 0.394 e. The van der Waals surface area contributed by atoms with Crippen molar-refractivity contribution in [3.63, 3.8) is 0 Å². The van der Waals surface area contributed by atoms with Crippen LogP contribution in [0.5, 0.6) is 0 Å². The highest BCUT2D eigenvalue weighted by Crippen LogP contribution is 2.01. The SMILES string of the molecule is C=C[C@@H](CCC)OCCO. The Hall–Kier alpha value is -0.340. The fourth-order valence-electron chi connectivity index (χ4n) is 0.758. The summed E-state index contributed by atoms with van der Waals surface area (Å²) in [5.74, 6) is 0. The van der Waals surface area contributed by atoms with Crippen molar-refractivity contribution in [2.24, 2.45) is 0 Å². The lowest BCUT2D eigenvalue weighted by atomic mass is 10.2. The molecule has 1 atom stereocenters. The summed E-state index contributed by atoms with van der Waals surface area (Å²) in [7, 11) is 0. The summed E-state index contributed by atoms with van der Waals surface area (Å²) in [5, 5.41) is 8.42. The molecule has 2 heteroatoms. The van der Waals surface area contributed by atoms with Crippen LogP contribution < -0.4 is 0 Å². The number of aliphatic hydroxyl groups is 1. The first-order chi connectivity index (χ1) is 4.85. The summed E-state index contributed by atoms with van der Waals surface area (Å²) in [6, 6.07) is 0. The molecule has 0 aromatic rings. The molecule has 60 valence electrons. The highest BCUT2D eigenvalue weighted by Gasteiger charge is 2.00. The minimum Gasteiger partial charge on any atom is -0.394 e. The maximum absolute atomic E-state index is 8.42. The van der Waals surface area contributed by atoms with E-state index in [4.69, 9.17) is 9.84 Å². The van der Waals surface area contributed by atoms with Gasteiger partial charge in [0.05, 0.1) is 19.3 Å². The van der Waals surface area contributed by atoms with Crippen LogP contribution in [0.2, 0.25) is 0 Å². The molecule has 0 radical (unpaired) electrons. The molecule has 0 saturated heterocycles. The number of aliphatic hydroxyl groups excluding tert-OH is 1. The van der Waals surface area contributed by atoms with Crippen molar-refractivity contribution in [2.75, 3.05) is 13.2 Å². The normalized spacial score (nSPS) is 13.0. The molecule has 0 aliphatic heterocycles. The summed E-state index contributed by atoms with van der Waals surface area (Å²) in [5.41, 5.74) is 0. The molecular weight excluding hydrogens is 128 g/mol. The van der Waals surface area contributed by atoms with Crippen LogP contribution in [0.4, 0.5) is 0 Å².